The zero-order valence-electron chi connectivity index (χ0n) is 10.0. The van der Waals surface area contributed by atoms with Crippen LogP contribution in [0.4, 0.5) is 0 Å². The molecule has 1 aromatic heterocycles. The minimum absolute atomic E-state index is 0.219. The van der Waals surface area contributed by atoms with Gasteiger partial charge < -0.3 is 5.32 Å². The summed E-state index contributed by atoms with van der Waals surface area (Å²) in [4.78, 5) is 8.58. The van der Waals surface area contributed by atoms with E-state index >= 15 is 0 Å². The molecule has 0 radical (unpaired) electrons. The fourth-order valence-electron chi connectivity index (χ4n) is 1.85. The van der Waals surface area contributed by atoms with Crippen LogP contribution in [-0.4, -0.2) is 17.0 Å². The summed E-state index contributed by atoms with van der Waals surface area (Å²) in [5.41, 5.74) is 1.35. The molecule has 2 aromatic rings. The minimum Gasteiger partial charge on any atom is -0.310 e. The number of aryl methyl sites for hydroxylation is 1. The first kappa shape index (κ1) is 11.7. The van der Waals surface area contributed by atoms with Crippen LogP contribution in [0.25, 0.3) is 0 Å². The molecule has 0 spiro atoms. The number of hydrogen-bond acceptors (Lipinski definition) is 3. The molecular weight excluding hydrogens is 210 g/mol. The van der Waals surface area contributed by atoms with Crippen molar-refractivity contribution in [3.63, 3.8) is 0 Å². The van der Waals surface area contributed by atoms with E-state index in [0.29, 0.717) is 0 Å². The molecule has 1 atom stereocenters. The van der Waals surface area contributed by atoms with Crippen LogP contribution in [-0.2, 0) is 6.42 Å². The lowest BCUT2D eigenvalue weighted by atomic mass is 10.0. The van der Waals surface area contributed by atoms with Gasteiger partial charge in [0.15, 0.2) is 0 Å². The largest absolute Gasteiger partial charge is 0.310 e. The van der Waals surface area contributed by atoms with E-state index in [1.54, 1.807) is 12.4 Å². The van der Waals surface area contributed by atoms with Gasteiger partial charge in [0.25, 0.3) is 0 Å². The van der Waals surface area contributed by atoms with Gasteiger partial charge in [-0.3, -0.25) is 0 Å². The molecule has 17 heavy (non-hydrogen) atoms. The molecule has 0 amide bonds. The Kier molecular flexibility index (Phi) is 4.22. The highest BCUT2D eigenvalue weighted by molar-refractivity contribution is 5.15. The second kappa shape index (κ2) is 6.11. The number of benzene rings is 1. The third-order valence-electron chi connectivity index (χ3n) is 2.81. The third-order valence-corrected chi connectivity index (χ3v) is 2.81. The molecule has 0 saturated carbocycles. The Hall–Kier alpha value is -1.74. The van der Waals surface area contributed by atoms with Crippen LogP contribution in [0.2, 0.25) is 0 Å². The standard InChI is InChI=1S/C14H17N3/c1-15-13(14-16-10-5-11-17-14)9-8-12-6-3-2-4-7-12/h2-7,10-11,13,15H,8-9H2,1H3. The lowest BCUT2D eigenvalue weighted by Crippen LogP contribution is -2.19. The molecule has 0 saturated heterocycles. The number of aromatic nitrogens is 2. The Morgan fingerprint density at radius 2 is 1.76 bits per heavy atom. The van der Waals surface area contributed by atoms with E-state index < -0.39 is 0 Å². The van der Waals surface area contributed by atoms with Crippen LogP contribution in [0.3, 0.4) is 0 Å². The maximum absolute atomic E-state index is 4.29. The molecule has 1 N–H and O–H groups in total. The van der Waals surface area contributed by atoms with Gasteiger partial charge >= 0.3 is 0 Å². The van der Waals surface area contributed by atoms with Crippen LogP contribution in [0.1, 0.15) is 23.9 Å². The Morgan fingerprint density at radius 1 is 1.06 bits per heavy atom. The quantitative estimate of drug-likeness (QED) is 0.852. The van der Waals surface area contributed by atoms with Crippen molar-refractivity contribution in [1.82, 2.24) is 15.3 Å². The molecule has 3 heteroatoms. The maximum Gasteiger partial charge on any atom is 0.145 e. The Bertz CT molecular complexity index is 428. The monoisotopic (exact) mass is 227 g/mol. The van der Waals surface area contributed by atoms with Gasteiger partial charge in [0.2, 0.25) is 0 Å². The van der Waals surface area contributed by atoms with E-state index in [2.05, 4.69) is 39.6 Å². The minimum atomic E-state index is 0.219. The predicted molar refractivity (Wildman–Crippen MR) is 68.6 cm³/mol. The first-order valence-electron chi connectivity index (χ1n) is 5.88. The normalized spacial score (nSPS) is 12.3. The molecule has 0 bridgehead atoms. The summed E-state index contributed by atoms with van der Waals surface area (Å²) in [6.07, 6.45) is 5.61. The summed E-state index contributed by atoms with van der Waals surface area (Å²) < 4.78 is 0. The predicted octanol–water partition coefficient (Wildman–Crippen LogP) is 2.37. The van der Waals surface area contributed by atoms with Crippen molar-refractivity contribution < 1.29 is 0 Å². The molecule has 1 unspecified atom stereocenters. The SMILES string of the molecule is CNC(CCc1ccccc1)c1ncccn1. The fourth-order valence-corrected chi connectivity index (χ4v) is 1.85. The molecular formula is C14H17N3. The second-order valence-electron chi connectivity index (χ2n) is 3.97. The van der Waals surface area contributed by atoms with Crippen LogP contribution < -0.4 is 5.32 Å². The van der Waals surface area contributed by atoms with Gasteiger partial charge in [-0.15, -0.1) is 0 Å². The van der Waals surface area contributed by atoms with Gasteiger partial charge in [-0.05, 0) is 31.5 Å². The summed E-state index contributed by atoms with van der Waals surface area (Å²) in [5.74, 6) is 0.867. The molecule has 0 aliphatic carbocycles. The molecule has 0 aliphatic rings. The third kappa shape index (κ3) is 3.36. The maximum atomic E-state index is 4.29. The van der Waals surface area contributed by atoms with Gasteiger partial charge in [-0.2, -0.15) is 0 Å². The summed E-state index contributed by atoms with van der Waals surface area (Å²) in [5, 5.41) is 3.26. The molecule has 1 heterocycles. The van der Waals surface area contributed by atoms with E-state index in [4.69, 9.17) is 0 Å². The number of nitrogens with one attached hydrogen (secondary N) is 1. The fraction of sp³-hybridized carbons (Fsp3) is 0.286. The van der Waals surface area contributed by atoms with Crippen molar-refractivity contribution >= 4 is 0 Å². The van der Waals surface area contributed by atoms with Crippen molar-refractivity contribution in [3.05, 3.63) is 60.2 Å². The van der Waals surface area contributed by atoms with E-state index in [1.165, 1.54) is 5.56 Å². The van der Waals surface area contributed by atoms with Gasteiger partial charge in [0.05, 0.1) is 6.04 Å². The molecule has 0 fully saturated rings. The van der Waals surface area contributed by atoms with Gasteiger partial charge in [-0.1, -0.05) is 30.3 Å². The lowest BCUT2D eigenvalue weighted by Gasteiger charge is -2.14. The van der Waals surface area contributed by atoms with Crippen LogP contribution >= 0.6 is 0 Å². The van der Waals surface area contributed by atoms with E-state index in [1.807, 2.05) is 19.2 Å². The van der Waals surface area contributed by atoms with Gasteiger partial charge in [0, 0.05) is 12.4 Å². The molecule has 3 nitrogen and oxygen atoms in total. The molecule has 1 aromatic carbocycles. The Labute approximate surface area is 102 Å². The van der Waals surface area contributed by atoms with Crippen molar-refractivity contribution in [2.24, 2.45) is 0 Å². The summed E-state index contributed by atoms with van der Waals surface area (Å²) >= 11 is 0. The van der Waals surface area contributed by atoms with Crippen LogP contribution in [0.5, 0.6) is 0 Å². The number of hydrogen-bond donors (Lipinski definition) is 1. The molecule has 88 valence electrons. The van der Waals surface area contributed by atoms with Gasteiger partial charge in [0.1, 0.15) is 5.82 Å². The highest BCUT2D eigenvalue weighted by Crippen LogP contribution is 2.14. The van der Waals surface area contributed by atoms with Crippen LogP contribution in [0, 0.1) is 0 Å². The first-order valence-corrected chi connectivity index (χ1v) is 5.88. The summed E-state index contributed by atoms with van der Waals surface area (Å²) in [7, 11) is 1.95. The van der Waals surface area contributed by atoms with Crippen molar-refractivity contribution in [1.29, 1.82) is 0 Å². The highest BCUT2D eigenvalue weighted by Gasteiger charge is 2.11. The van der Waals surface area contributed by atoms with Crippen LogP contribution in [0.15, 0.2) is 48.8 Å². The average molecular weight is 227 g/mol. The smallest absolute Gasteiger partial charge is 0.145 e. The highest BCUT2D eigenvalue weighted by atomic mass is 15.0. The second-order valence-corrected chi connectivity index (χ2v) is 3.97. The van der Waals surface area contributed by atoms with Gasteiger partial charge in [-0.25, -0.2) is 9.97 Å². The topological polar surface area (TPSA) is 37.8 Å². The number of rotatable bonds is 5. The molecule has 2 rings (SSSR count). The number of nitrogens with zero attached hydrogens (tertiary/aromatic N) is 2. The summed E-state index contributed by atoms with van der Waals surface area (Å²) in [6.45, 7) is 0. The van der Waals surface area contributed by atoms with E-state index in [0.717, 1.165) is 18.7 Å². The summed E-state index contributed by atoms with van der Waals surface area (Å²) in [6, 6.07) is 12.5. The lowest BCUT2D eigenvalue weighted by molar-refractivity contribution is 0.520. The Morgan fingerprint density at radius 3 is 2.41 bits per heavy atom. The van der Waals surface area contributed by atoms with Crippen molar-refractivity contribution in [2.45, 2.75) is 18.9 Å². The van der Waals surface area contributed by atoms with Crippen molar-refractivity contribution in [2.75, 3.05) is 7.05 Å². The van der Waals surface area contributed by atoms with E-state index in [9.17, 15) is 0 Å². The zero-order chi connectivity index (χ0) is 11.9. The first-order chi connectivity index (χ1) is 8.40. The average Bonchev–Trinajstić information content (AvgIpc) is 2.42. The molecule has 0 aliphatic heterocycles. The van der Waals surface area contributed by atoms with Crippen molar-refractivity contribution in [3.8, 4) is 0 Å². The zero-order valence-corrected chi connectivity index (χ0v) is 10.0. The van der Waals surface area contributed by atoms with E-state index in [-0.39, 0.29) is 6.04 Å². The Balaban J connectivity index is 1.97.